The second-order valence-corrected chi connectivity index (χ2v) is 9.88. The fraction of sp³-hybridized carbons (Fsp3) is 0.632. The Morgan fingerprint density at radius 3 is 2.24 bits per heavy atom. The molecule has 1 amide bonds. The molecule has 1 aliphatic rings. The molecule has 5 nitrogen and oxygen atoms in total. The second-order valence-electron chi connectivity index (χ2n) is 7.79. The molecule has 1 aliphatic heterocycles. The van der Waals surface area contributed by atoms with Gasteiger partial charge in [0.05, 0.1) is 5.75 Å². The van der Waals surface area contributed by atoms with Crippen LogP contribution in [0.5, 0.6) is 0 Å². The minimum absolute atomic E-state index is 0.00357. The van der Waals surface area contributed by atoms with E-state index in [-0.39, 0.29) is 17.1 Å². The monoisotopic (exact) mass is 366 g/mol. The van der Waals surface area contributed by atoms with Crippen LogP contribution in [0.3, 0.4) is 0 Å². The molecule has 0 aliphatic carbocycles. The molecule has 1 fully saturated rings. The van der Waals surface area contributed by atoms with E-state index in [0.29, 0.717) is 32.6 Å². The van der Waals surface area contributed by atoms with Crippen molar-refractivity contribution in [1.29, 1.82) is 0 Å². The first-order valence-corrected chi connectivity index (χ1v) is 10.6. The van der Waals surface area contributed by atoms with Gasteiger partial charge >= 0.3 is 0 Å². The molecule has 6 heteroatoms. The minimum Gasteiger partial charge on any atom is -0.336 e. The van der Waals surface area contributed by atoms with Gasteiger partial charge in [0, 0.05) is 31.7 Å². The Labute approximate surface area is 152 Å². The molecule has 1 saturated heterocycles. The van der Waals surface area contributed by atoms with E-state index >= 15 is 0 Å². The van der Waals surface area contributed by atoms with Gasteiger partial charge < -0.3 is 4.90 Å². The van der Waals surface area contributed by atoms with Gasteiger partial charge in [0.1, 0.15) is 0 Å². The van der Waals surface area contributed by atoms with Crippen LogP contribution in [0.4, 0.5) is 0 Å². The smallest absolute Gasteiger partial charge is 0.254 e. The molecule has 0 unspecified atom stereocenters. The van der Waals surface area contributed by atoms with Crippen LogP contribution in [0.2, 0.25) is 0 Å². The number of carbonyl (C=O) groups excluding carboxylic acids is 1. The number of aryl methyl sites for hydroxylation is 1. The van der Waals surface area contributed by atoms with Crippen molar-refractivity contribution in [2.24, 2.45) is 0 Å². The van der Waals surface area contributed by atoms with Gasteiger partial charge in [-0.3, -0.25) is 4.79 Å². The van der Waals surface area contributed by atoms with Crippen molar-refractivity contribution in [3.63, 3.8) is 0 Å². The van der Waals surface area contributed by atoms with E-state index in [4.69, 9.17) is 0 Å². The number of carbonyl (C=O) groups is 1. The Hall–Kier alpha value is -1.40. The van der Waals surface area contributed by atoms with Crippen molar-refractivity contribution < 1.29 is 13.2 Å². The molecule has 0 aromatic heterocycles. The summed E-state index contributed by atoms with van der Waals surface area (Å²) in [5.41, 5.74) is 2.79. The average molecular weight is 367 g/mol. The quantitative estimate of drug-likeness (QED) is 0.823. The van der Waals surface area contributed by atoms with Gasteiger partial charge in [0.15, 0.2) is 0 Å². The van der Waals surface area contributed by atoms with Crippen LogP contribution >= 0.6 is 0 Å². The summed E-state index contributed by atoms with van der Waals surface area (Å²) in [5, 5.41) is 0. The lowest BCUT2D eigenvalue weighted by molar-refractivity contribution is 0.0697. The van der Waals surface area contributed by atoms with E-state index < -0.39 is 10.0 Å². The summed E-state index contributed by atoms with van der Waals surface area (Å²) in [5.74, 6) is 0.171. The maximum atomic E-state index is 12.9. The van der Waals surface area contributed by atoms with E-state index in [1.54, 1.807) is 4.90 Å². The van der Waals surface area contributed by atoms with Crippen molar-refractivity contribution in [2.45, 2.75) is 46.5 Å². The van der Waals surface area contributed by atoms with Crippen molar-refractivity contribution in [3.05, 3.63) is 34.9 Å². The molecule has 140 valence electrons. The summed E-state index contributed by atoms with van der Waals surface area (Å²) in [6.45, 7) is 11.8. The molecule has 1 aromatic carbocycles. The predicted octanol–water partition coefficient (Wildman–Crippen LogP) is 2.79. The highest BCUT2D eigenvalue weighted by molar-refractivity contribution is 7.89. The number of hydrogen-bond acceptors (Lipinski definition) is 3. The molecule has 0 N–H and O–H groups in total. The molecular weight excluding hydrogens is 336 g/mol. The standard InChI is InChI=1S/C19H30N2O3S/c1-6-13-25(23,24)21-11-9-20(10-12-21)18(22)17-14-16(19(3,4)5)8-7-15(17)2/h7-8,14H,6,9-13H2,1-5H3. The molecule has 25 heavy (non-hydrogen) atoms. The fourth-order valence-electron chi connectivity index (χ4n) is 3.05. The van der Waals surface area contributed by atoms with Gasteiger partial charge in [-0.25, -0.2) is 8.42 Å². The summed E-state index contributed by atoms with van der Waals surface area (Å²) in [6, 6.07) is 6.05. The largest absolute Gasteiger partial charge is 0.336 e. The molecule has 1 aromatic rings. The molecule has 1 heterocycles. The predicted molar refractivity (Wildman–Crippen MR) is 101 cm³/mol. The topological polar surface area (TPSA) is 57.7 Å². The Kier molecular flexibility index (Phi) is 5.94. The lowest BCUT2D eigenvalue weighted by atomic mass is 9.85. The number of nitrogens with zero attached hydrogens (tertiary/aromatic N) is 2. The maximum absolute atomic E-state index is 12.9. The van der Waals surface area contributed by atoms with Crippen LogP contribution in [-0.4, -0.2) is 55.5 Å². The van der Waals surface area contributed by atoms with Gasteiger partial charge in [0.2, 0.25) is 10.0 Å². The van der Waals surface area contributed by atoms with Crippen LogP contribution < -0.4 is 0 Å². The first-order valence-electron chi connectivity index (χ1n) is 8.94. The Bertz CT molecular complexity index is 728. The highest BCUT2D eigenvalue weighted by Crippen LogP contribution is 2.25. The van der Waals surface area contributed by atoms with Gasteiger partial charge in [-0.2, -0.15) is 4.31 Å². The van der Waals surface area contributed by atoms with E-state index in [0.717, 1.165) is 16.7 Å². The molecule has 0 radical (unpaired) electrons. The molecule has 0 saturated carbocycles. The average Bonchev–Trinajstić information content (AvgIpc) is 2.53. The number of piperazine rings is 1. The summed E-state index contributed by atoms with van der Waals surface area (Å²) in [7, 11) is -3.19. The third-order valence-electron chi connectivity index (χ3n) is 4.72. The van der Waals surface area contributed by atoms with Crippen molar-refractivity contribution in [2.75, 3.05) is 31.9 Å². The molecule has 0 bridgehead atoms. The molecule has 2 rings (SSSR count). The third kappa shape index (κ3) is 4.61. The number of hydrogen-bond donors (Lipinski definition) is 0. The summed E-state index contributed by atoms with van der Waals surface area (Å²) in [6.07, 6.45) is 0.611. The zero-order chi connectivity index (χ0) is 18.8. The third-order valence-corrected chi connectivity index (χ3v) is 6.79. The van der Waals surface area contributed by atoms with Crippen molar-refractivity contribution >= 4 is 15.9 Å². The van der Waals surface area contributed by atoms with E-state index in [1.807, 2.05) is 26.0 Å². The first-order chi connectivity index (χ1) is 11.6. The maximum Gasteiger partial charge on any atom is 0.254 e. The SMILES string of the molecule is CCCS(=O)(=O)N1CCN(C(=O)c2cc(C(C)(C)C)ccc2C)CC1. The highest BCUT2D eigenvalue weighted by atomic mass is 32.2. The van der Waals surface area contributed by atoms with Gasteiger partial charge in [-0.15, -0.1) is 0 Å². The lowest BCUT2D eigenvalue weighted by Crippen LogP contribution is -2.51. The van der Waals surface area contributed by atoms with Crippen molar-refractivity contribution in [3.8, 4) is 0 Å². The number of benzene rings is 1. The summed E-state index contributed by atoms with van der Waals surface area (Å²) >= 11 is 0. The Balaban J connectivity index is 2.13. The van der Waals surface area contributed by atoms with Crippen molar-refractivity contribution in [1.82, 2.24) is 9.21 Å². The van der Waals surface area contributed by atoms with Gasteiger partial charge in [-0.1, -0.05) is 39.8 Å². The molecular formula is C19H30N2O3S. The van der Waals surface area contributed by atoms with E-state index in [2.05, 4.69) is 26.8 Å². The lowest BCUT2D eigenvalue weighted by Gasteiger charge is -2.34. The van der Waals surface area contributed by atoms with E-state index in [9.17, 15) is 13.2 Å². The number of amides is 1. The Morgan fingerprint density at radius 1 is 1.12 bits per heavy atom. The highest BCUT2D eigenvalue weighted by Gasteiger charge is 2.29. The van der Waals surface area contributed by atoms with E-state index in [1.165, 1.54) is 4.31 Å². The molecule has 0 spiro atoms. The van der Waals surface area contributed by atoms with Gasteiger partial charge in [-0.05, 0) is 36.0 Å². The van der Waals surface area contributed by atoms with Crippen LogP contribution in [0, 0.1) is 6.92 Å². The number of rotatable bonds is 4. The fourth-order valence-corrected chi connectivity index (χ4v) is 4.54. The van der Waals surface area contributed by atoms with Gasteiger partial charge in [0.25, 0.3) is 5.91 Å². The summed E-state index contributed by atoms with van der Waals surface area (Å²) < 4.78 is 25.8. The van der Waals surface area contributed by atoms with Crippen LogP contribution in [0.1, 0.15) is 55.6 Å². The number of sulfonamides is 1. The molecule has 0 atom stereocenters. The minimum atomic E-state index is -3.19. The normalized spacial score (nSPS) is 16.9. The van der Waals surface area contributed by atoms with Crippen LogP contribution in [0.25, 0.3) is 0 Å². The first kappa shape index (κ1) is 19.9. The van der Waals surface area contributed by atoms with Crippen LogP contribution in [-0.2, 0) is 15.4 Å². The second kappa shape index (κ2) is 7.46. The zero-order valence-corrected chi connectivity index (χ0v) is 16.8. The summed E-state index contributed by atoms with van der Waals surface area (Å²) in [4.78, 5) is 14.7. The Morgan fingerprint density at radius 2 is 1.72 bits per heavy atom. The van der Waals surface area contributed by atoms with Crippen LogP contribution in [0.15, 0.2) is 18.2 Å². The zero-order valence-electron chi connectivity index (χ0n) is 16.0.